The predicted octanol–water partition coefficient (Wildman–Crippen LogP) is 7.16. The van der Waals surface area contributed by atoms with Gasteiger partial charge in [0.15, 0.2) is 5.78 Å². The normalized spacial score (nSPS) is 10.8. The molecule has 0 N–H and O–H groups in total. The fourth-order valence-electron chi connectivity index (χ4n) is 3.37. The summed E-state index contributed by atoms with van der Waals surface area (Å²) < 4.78 is 16.5. The Morgan fingerprint density at radius 3 is 1.94 bits per heavy atom. The standard InChI is InChI=1S/C30H32O5/c1-3-5-6-7-22-34-27-15-8-23(9-16-27)10-21-29(31)24-11-19-28(20-12-24)35-30(32)25-13-17-26(18-14-25)33-4-2/h8-21H,3-7,22H2,1-2H3/b21-10+. The smallest absolute Gasteiger partial charge is 0.343 e. The topological polar surface area (TPSA) is 61.8 Å². The second-order valence-electron chi connectivity index (χ2n) is 8.05. The van der Waals surface area contributed by atoms with E-state index in [0.29, 0.717) is 29.2 Å². The molecule has 0 aliphatic heterocycles. The van der Waals surface area contributed by atoms with Gasteiger partial charge in [-0.15, -0.1) is 0 Å². The summed E-state index contributed by atoms with van der Waals surface area (Å²) in [6.07, 6.45) is 7.99. The maximum Gasteiger partial charge on any atom is 0.343 e. The van der Waals surface area contributed by atoms with Crippen molar-refractivity contribution >= 4 is 17.8 Å². The van der Waals surface area contributed by atoms with E-state index < -0.39 is 5.97 Å². The van der Waals surface area contributed by atoms with Gasteiger partial charge in [-0.2, -0.15) is 0 Å². The number of carbonyl (C=O) groups is 2. The Bertz CT molecular complexity index is 1100. The average molecular weight is 473 g/mol. The fourth-order valence-corrected chi connectivity index (χ4v) is 3.37. The molecule has 0 aromatic heterocycles. The Kier molecular flexibility index (Phi) is 10.1. The van der Waals surface area contributed by atoms with E-state index in [1.54, 1.807) is 54.6 Å². The molecule has 0 atom stereocenters. The van der Waals surface area contributed by atoms with Gasteiger partial charge >= 0.3 is 5.97 Å². The van der Waals surface area contributed by atoms with Crippen LogP contribution in [-0.4, -0.2) is 25.0 Å². The van der Waals surface area contributed by atoms with E-state index in [-0.39, 0.29) is 5.78 Å². The Labute approximate surface area is 207 Å². The maximum absolute atomic E-state index is 12.5. The monoisotopic (exact) mass is 472 g/mol. The molecule has 0 spiro atoms. The first-order valence-corrected chi connectivity index (χ1v) is 12.1. The number of esters is 1. The van der Waals surface area contributed by atoms with Gasteiger partial charge in [0, 0.05) is 5.56 Å². The van der Waals surface area contributed by atoms with Gasteiger partial charge in [-0.1, -0.05) is 44.4 Å². The molecule has 0 fully saturated rings. The first kappa shape index (κ1) is 25.8. The third-order valence-corrected chi connectivity index (χ3v) is 5.32. The number of ketones is 1. The summed E-state index contributed by atoms with van der Waals surface area (Å²) >= 11 is 0. The number of rotatable bonds is 13. The van der Waals surface area contributed by atoms with E-state index in [4.69, 9.17) is 14.2 Å². The highest BCUT2D eigenvalue weighted by atomic mass is 16.5. The van der Waals surface area contributed by atoms with E-state index in [9.17, 15) is 9.59 Å². The van der Waals surface area contributed by atoms with Crippen molar-refractivity contribution in [1.82, 2.24) is 0 Å². The molecule has 0 saturated carbocycles. The Morgan fingerprint density at radius 1 is 0.686 bits per heavy atom. The molecule has 3 aromatic rings. The number of hydrogen-bond donors (Lipinski definition) is 0. The minimum atomic E-state index is -0.472. The number of hydrogen-bond acceptors (Lipinski definition) is 5. The van der Waals surface area contributed by atoms with E-state index in [0.717, 1.165) is 24.3 Å². The van der Waals surface area contributed by atoms with E-state index in [1.807, 2.05) is 31.2 Å². The zero-order chi connectivity index (χ0) is 24.9. The quantitative estimate of drug-likeness (QED) is 0.0868. The van der Waals surface area contributed by atoms with E-state index in [2.05, 4.69) is 6.92 Å². The Hall–Kier alpha value is -3.86. The van der Waals surface area contributed by atoms with Crippen molar-refractivity contribution in [3.05, 3.63) is 95.6 Å². The second kappa shape index (κ2) is 13.8. The van der Waals surface area contributed by atoms with Crippen molar-refractivity contribution in [2.45, 2.75) is 39.5 Å². The van der Waals surface area contributed by atoms with Crippen LogP contribution in [0.2, 0.25) is 0 Å². The molecular formula is C30H32O5. The lowest BCUT2D eigenvalue weighted by Crippen LogP contribution is -2.08. The summed E-state index contributed by atoms with van der Waals surface area (Å²) in [5.41, 5.74) is 1.84. The van der Waals surface area contributed by atoms with Crippen LogP contribution in [0.1, 0.15) is 65.8 Å². The van der Waals surface area contributed by atoms with Crippen LogP contribution in [0.5, 0.6) is 17.2 Å². The van der Waals surface area contributed by atoms with Gasteiger partial charge in [-0.05, 0) is 85.6 Å². The highest BCUT2D eigenvalue weighted by Gasteiger charge is 2.10. The van der Waals surface area contributed by atoms with E-state index in [1.165, 1.54) is 25.3 Å². The van der Waals surface area contributed by atoms with Gasteiger partial charge in [-0.25, -0.2) is 4.79 Å². The molecule has 0 bridgehead atoms. The molecule has 0 heterocycles. The summed E-state index contributed by atoms with van der Waals surface area (Å²) in [6.45, 7) is 5.37. The predicted molar refractivity (Wildman–Crippen MR) is 138 cm³/mol. The van der Waals surface area contributed by atoms with Crippen LogP contribution in [0.25, 0.3) is 6.08 Å². The summed E-state index contributed by atoms with van der Waals surface area (Å²) in [6, 6.07) is 20.9. The number of benzene rings is 3. The largest absolute Gasteiger partial charge is 0.494 e. The maximum atomic E-state index is 12.5. The van der Waals surface area contributed by atoms with Crippen molar-refractivity contribution in [3.63, 3.8) is 0 Å². The van der Waals surface area contributed by atoms with Gasteiger partial charge in [0.05, 0.1) is 18.8 Å². The first-order chi connectivity index (χ1) is 17.1. The first-order valence-electron chi connectivity index (χ1n) is 12.1. The lowest BCUT2D eigenvalue weighted by Gasteiger charge is -2.06. The fraction of sp³-hybridized carbons (Fsp3) is 0.267. The molecule has 3 aromatic carbocycles. The summed E-state index contributed by atoms with van der Waals surface area (Å²) in [4.78, 5) is 24.9. The summed E-state index contributed by atoms with van der Waals surface area (Å²) in [7, 11) is 0. The molecule has 182 valence electrons. The molecule has 5 nitrogen and oxygen atoms in total. The van der Waals surface area contributed by atoms with Crippen LogP contribution in [-0.2, 0) is 0 Å². The molecule has 0 radical (unpaired) electrons. The van der Waals surface area contributed by atoms with Crippen LogP contribution in [0.3, 0.4) is 0 Å². The van der Waals surface area contributed by atoms with Crippen molar-refractivity contribution in [3.8, 4) is 17.2 Å². The van der Waals surface area contributed by atoms with Crippen LogP contribution in [0.4, 0.5) is 0 Å². The van der Waals surface area contributed by atoms with Crippen LogP contribution >= 0.6 is 0 Å². The molecular weight excluding hydrogens is 440 g/mol. The molecule has 0 unspecified atom stereocenters. The van der Waals surface area contributed by atoms with Gasteiger partial charge in [0.25, 0.3) is 0 Å². The number of allylic oxidation sites excluding steroid dienone is 1. The SMILES string of the molecule is CCCCCCOc1ccc(/C=C/C(=O)c2ccc(OC(=O)c3ccc(OCC)cc3)cc2)cc1. The lowest BCUT2D eigenvalue weighted by atomic mass is 10.1. The third-order valence-electron chi connectivity index (χ3n) is 5.32. The minimum Gasteiger partial charge on any atom is -0.494 e. The highest BCUT2D eigenvalue weighted by Crippen LogP contribution is 2.18. The molecule has 0 amide bonds. The van der Waals surface area contributed by atoms with E-state index >= 15 is 0 Å². The van der Waals surface area contributed by atoms with Gasteiger partial charge < -0.3 is 14.2 Å². The molecule has 3 rings (SSSR count). The van der Waals surface area contributed by atoms with Gasteiger partial charge in [-0.3, -0.25) is 4.79 Å². The van der Waals surface area contributed by atoms with Crippen LogP contribution in [0.15, 0.2) is 78.9 Å². The molecule has 0 saturated heterocycles. The van der Waals surface area contributed by atoms with Gasteiger partial charge in [0.2, 0.25) is 0 Å². The highest BCUT2D eigenvalue weighted by molar-refractivity contribution is 6.06. The zero-order valence-electron chi connectivity index (χ0n) is 20.4. The summed E-state index contributed by atoms with van der Waals surface area (Å²) in [5, 5.41) is 0. The molecule has 35 heavy (non-hydrogen) atoms. The Balaban J connectivity index is 1.49. The van der Waals surface area contributed by atoms with Crippen molar-refractivity contribution in [2.75, 3.05) is 13.2 Å². The number of ether oxygens (including phenoxy) is 3. The van der Waals surface area contributed by atoms with Crippen molar-refractivity contribution < 1.29 is 23.8 Å². The molecule has 5 heteroatoms. The third kappa shape index (κ3) is 8.45. The van der Waals surface area contributed by atoms with Crippen LogP contribution in [0, 0.1) is 0 Å². The van der Waals surface area contributed by atoms with Crippen LogP contribution < -0.4 is 14.2 Å². The second-order valence-corrected chi connectivity index (χ2v) is 8.05. The Morgan fingerprint density at radius 2 is 1.29 bits per heavy atom. The molecule has 0 aliphatic rings. The zero-order valence-corrected chi connectivity index (χ0v) is 20.4. The lowest BCUT2D eigenvalue weighted by molar-refractivity contribution is 0.0734. The van der Waals surface area contributed by atoms with Gasteiger partial charge in [0.1, 0.15) is 17.2 Å². The average Bonchev–Trinajstić information content (AvgIpc) is 2.89. The minimum absolute atomic E-state index is 0.134. The number of unbranched alkanes of at least 4 members (excludes halogenated alkanes) is 3. The number of carbonyl (C=O) groups excluding carboxylic acids is 2. The van der Waals surface area contributed by atoms with Crippen molar-refractivity contribution in [2.24, 2.45) is 0 Å². The summed E-state index contributed by atoms with van der Waals surface area (Å²) in [5.74, 6) is 1.29. The van der Waals surface area contributed by atoms with Crippen molar-refractivity contribution in [1.29, 1.82) is 0 Å². The molecule has 0 aliphatic carbocycles.